The molecule has 48 valence electrons. The Morgan fingerprint density at radius 1 is 1.56 bits per heavy atom. The zero-order valence-electron chi connectivity index (χ0n) is 5.55. The number of allylic oxidation sites excluding steroid dienone is 4. The molecule has 0 unspecified atom stereocenters. The van der Waals surface area contributed by atoms with Gasteiger partial charge in [0.1, 0.15) is 6.29 Å². The highest BCUT2D eigenvalue weighted by atomic mass is 16.1. The average Bonchev–Trinajstić information content (AvgIpc) is 1.88. The van der Waals surface area contributed by atoms with Gasteiger partial charge in [0, 0.05) is 0 Å². The van der Waals surface area contributed by atoms with Gasteiger partial charge in [0.05, 0.1) is 0 Å². The van der Waals surface area contributed by atoms with Crippen molar-refractivity contribution in [3.63, 3.8) is 0 Å². The molecule has 0 bridgehead atoms. The summed E-state index contributed by atoms with van der Waals surface area (Å²) in [5, 5.41) is 0. The molecule has 0 aromatic carbocycles. The quantitative estimate of drug-likeness (QED) is 0.383. The van der Waals surface area contributed by atoms with Crippen LogP contribution in [0.5, 0.6) is 0 Å². The summed E-state index contributed by atoms with van der Waals surface area (Å²) in [7, 11) is 0. The highest BCUT2D eigenvalue weighted by Crippen LogP contribution is 2.15. The van der Waals surface area contributed by atoms with Crippen molar-refractivity contribution in [2.24, 2.45) is 0 Å². The lowest BCUT2D eigenvalue weighted by Crippen LogP contribution is -1.91. The van der Waals surface area contributed by atoms with E-state index >= 15 is 0 Å². The number of carbonyl (C=O) groups is 1. The van der Waals surface area contributed by atoms with Crippen LogP contribution in [0.4, 0.5) is 0 Å². The SMILES string of the molecule is CC1=CCC=C(C=O)C1. The lowest BCUT2D eigenvalue weighted by atomic mass is 10.0. The third-order valence-corrected chi connectivity index (χ3v) is 1.48. The maximum Gasteiger partial charge on any atom is 0.146 e. The van der Waals surface area contributed by atoms with Crippen LogP contribution >= 0.6 is 0 Å². The monoisotopic (exact) mass is 122 g/mol. The van der Waals surface area contributed by atoms with Crippen LogP contribution in [0, 0.1) is 0 Å². The maximum absolute atomic E-state index is 10.2. The van der Waals surface area contributed by atoms with Crippen molar-refractivity contribution in [2.45, 2.75) is 19.8 Å². The van der Waals surface area contributed by atoms with Gasteiger partial charge in [-0.2, -0.15) is 0 Å². The summed E-state index contributed by atoms with van der Waals surface area (Å²) in [6.45, 7) is 2.05. The second-order valence-corrected chi connectivity index (χ2v) is 2.36. The molecule has 0 aliphatic heterocycles. The summed E-state index contributed by atoms with van der Waals surface area (Å²) in [6, 6.07) is 0. The van der Waals surface area contributed by atoms with E-state index in [9.17, 15) is 4.79 Å². The van der Waals surface area contributed by atoms with Gasteiger partial charge < -0.3 is 0 Å². The van der Waals surface area contributed by atoms with Gasteiger partial charge in [-0.1, -0.05) is 17.7 Å². The first-order valence-electron chi connectivity index (χ1n) is 3.13. The van der Waals surface area contributed by atoms with Crippen molar-refractivity contribution in [3.8, 4) is 0 Å². The summed E-state index contributed by atoms with van der Waals surface area (Å²) < 4.78 is 0. The molecule has 1 nitrogen and oxygen atoms in total. The fourth-order valence-electron chi connectivity index (χ4n) is 0.968. The van der Waals surface area contributed by atoms with Crippen molar-refractivity contribution in [3.05, 3.63) is 23.3 Å². The van der Waals surface area contributed by atoms with E-state index in [1.54, 1.807) is 0 Å². The molecule has 0 fully saturated rings. The van der Waals surface area contributed by atoms with E-state index in [4.69, 9.17) is 0 Å². The number of hydrogen-bond donors (Lipinski definition) is 0. The standard InChI is InChI=1S/C8H10O/c1-7-3-2-4-8(5-7)6-9/h3-4,6H,2,5H2,1H3. The van der Waals surface area contributed by atoms with E-state index < -0.39 is 0 Å². The van der Waals surface area contributed by atoms with Crippen LogP contribution in [0.1, 0.15) is 19.8 Å². The zero-order valence-corrected chi connectivity index (χ0v) is 5.55. The second kappa shape index (κ2) is 2.62. The molecule has 1 rings (SSSR count). The minimum absolute atomic E-state index is 0.851. The largest absolute Gasteiger partial charge is 0.298 e. The summed E-state index contributed by atoms with van der Waals surface area (Å²) in [4.78, 5) is 10.2. The molecular formula is C8H10O. The van der Waals surface area contributed by atoms with Crippen LogP contribution in [-0.2, 0) is 4.79 Å². The molecule has 0 heterocycles. The van der Waals surface area contributed by atoms with Crippen LogP contribution < -0.4 is 0 Å². The van der Waals surface area contributed by atoms with Crippen LogP contribution in [0.2, 0.25) is 0 Å². The van der Waals surface area contributed by atoms with Crippen LogP contribution in [0.25, 0.3) is 0 Å². The average molecular weight is 122 g/mol. The predicted molar refractivity (Wildman–Crippen MR) is 37.1 cm³/mol. The normalized spacial score (nSPS) is 18.3. The minimum atomic E-state index is 0.851. The first kappa shape index (κ1) is 6.27. The summed E-state index contributed by atoms with van der Waals surface area (Å²) in [5.74, 6) is 0. The van der Waals surface area contributed by atoms with Crippen molar-refractivity contribution in [1.29, 1.82) is 0 Å². The lowest BCUT2D eigenvalue weighted by molar-refractivity contribution is -0.105. The van der Waals surface area contributed by atoms with Gasteiger partial charge in [-0.3, -0.25) is 4.79 Å². The topological polar surface area (TPSA) is 17.1 Å². The second-order valence-electron chi connectivity index (χ2n) is 2.36. The van der Waals surface area contributed by atoms with Crippen LogP contribution in [0.15, 0.2) is 23.3 Å². The number of rotatable bonds is 1. The van der Waals surface area contributed by atoms with Gasteiger partial charge in [0.15, 0.2) is 0 Å². The molecule has 0 radical (unpaired) electrons. The smallest absolute Gasteiger partial charge is 0.146 e. The lowest BCUT2D eigenvalue weighted by Gasteiger charge is -2.04. The number of aldehydes is 1. The molecule has 0 spiro atoms. The van der Waals surface area contributed by atoms with Crippen LogP contribution in [0.3, 0.4) is 0 Å². The Balaban J connectivity index is 2.61. The van der Waals surface area contributed by atoms with E-state index in [0.717, 1.165) is 24.7 Å². The van der Waals surface area contributed by atoms with Gasteiger partial charge in [0.25, 0.3) is 0 Å². The van der Waals surface area contributed by atoms with Gasteiger partial charge in [-0.15, -0.1) is 0 Å². The Morgan fingerprint density at radius 2 is 2.33 bits per heavy atom. The van der Waals surface area contributed by atoms with Crippen molar-refractivity contribution in [2.75, 3.05) is 0 Å². The summed E-state index contributed by atoms with van der Waals surface area (Å²) in [6.07, 6.45) is 6.84. The Morgan fingerprint density at radius 3 is 2.78 bits per heavy atom. The highest BCUT2D eigenvalue weighted by Gasteiger charge is 1.99. The van der Waals surface area contributed by atoms with Crippen molar-refractivity contribution >= 4 is 6.29 Å². The molecule has 0 N–H and O–H groups in total. The molecule has 1 aliphatic carbocycles. The zero-order chi connectivity index (χ0) is 6.69. The van der Waals surface area contributed by atoms with E-state index in [1.165, 1.54) is 5.57 Å². The predicted octanol–water partition coefficient (Wildman–Crippen LogP) is 1.85. The molecule has 0 amide bonds. The Kier molecular flexibility index (Phi) is 1.83. The van der Waals surface area contributed by atoms with Gasteiger partial charge in [-0.25, -0.2) is 0 Å². The van der Waals surface area contributed by atoms with E-state index in [1.807, 2.05) is 6.08 Å². The number of hydrogen-bond acceptors (Lipinski definition) is 1. The summed E-state index contributed by atoms with van der Waals surface area (Å²) in [5.41, 5.74) is 2.23. The van der Waals surface area contributed by atoms with E-state index in [2.05, 4.69) is 13.0 Å². The Hall–Kier alpha value is -0.850. The number of carbonyl (C=O) groups excluding carboxylic acids is 1. The van der Waals surface area contributed by atoms with E-state index in [0.29, 0.717) is 0 Å². The van der Waals surface area contributed by atoms with Gasteiger partial charge in [-0.05, 0) is 25.3 Å². The van der Waals surface area contributed by atoms with Gasteiger partial charge >= 0.3 is 0 Å². The molecular weight excluding hydrogens is 112 g/mol. The molecule has 1 aliphatic rings. The maximum atomic E-state index is 10.2. The molecule has 0 saturated heterocycles. The molecule has 9 heavy (non-hydrogen) atoms. The van der Waals surface area contributed by atoms with E-state index in [-0.39, 0.29) is 0 Å². The molecule has 0 aromatic rings. The van der Waals surface area contributed by atoms with Gasteiger partial charge in [0.2, 0.25) is 0 Å². The first-order valence-corrected chi connectivity index (χ1v) is 3.13. The summed E-state index contributed by atoms with van der Waals surface area (Å²) >= 11 is 0. The molecule has 1 heteroatoms. The fourth-order valence-corrected chi connectivity index (χ4v) is 0.968. The molecule has 0 aromatic heterocycles. The highest BCUT2D eigenvalue weighted by molar-refractivity contribution is 5.74. The third-order valence-electron chi connectivity index (χ3n) is 1.48. The third kappa shape index (κ3) is 1.53. The molecule has 0 saturated carbocycles. The van der Waals surface area contributed by atoms with Crippen molar-refractivity contribution < 1.29 is 4.79 Å². The Labute approximate surface area is 55.1 Å². The Bertz CT molecular complexity index is 175. The molecule has 0 atom stereocenters. The van der Waals surface area contributed by atoms with Crippen molar-refractivity contribution in [1.82, 2.24) is 0 Å². The first-order chi connectivity index (χ1) is 4.33. The fraction of sp³-hybridized carbons (Fsp3) is 0.375. The minimum Gasteiger partial charge on any atom is -0.298 e. The van der Waals surface area contributed by atoms with Crippen LogP contribution in [-0.4, -0.2) is 6.29 Å².